The van der Waals surface area contributed by atoms with Gasteiger partial charge in [-0.3, -0.25) is 24.5 Å². The van der Waals surface area contributed by atoms with Crippen LogP contribution in [0.1, 0.15) is 57.5 Å². The highest BCUT2D eigenvalue weighted by atomic mass is 19.1. The molecule has 4 amide bonds. The zero-order chi connectivity index (χ0) is 24.5. The molecule has 1 atom stereocenters. The first-order chi connectivity index (χ1) is 16.7. The molecule has 1 aliphatic carbocycles. The Kier molecular flexibility index (Phi) is 4.67. The third-order valence-corrected chi connectivity index (χ3v) is 7.83. The number of nitrogens with one attached hydrogen (secondary N) is 1. The molecule has 6 rings (SSSR count). The van der Waals surface area contributed by atoms with Crippen LogP contribution < -0.4 is 5.32 Å². The summed E-state index contributed by atoms with van der Waals surface area (Å²) in [6.45, 7) is 1.29. The van der Waals surface area contributed by atoms with Gasteiger partial charge < -0.3 is 14.9 Å². The summed E-state index contributed by atoms with van der Waals surface area (Å²) < 4.78 is 13.2. The zero-order valence-corrected chi connectivity index (χ0v) is 18.9. The van der Waals surface area contributed by atoms with E-state index in [1.54, 1.807) is 35.2 Å². The molecule has 4 aliphatic rings. The van der Waals surface area contributed by atoms with Crippen molar-refractivity contribution in [1.29, 1.82) is 0 Å². The van der Waals surface area contributed by atoms with Crippen molar-refractivity contribution in [3.05, 3.63) is 70.5 Å². The molecule has 1 saturated carbocycles. The van der Waals surface area contributed by atoms with Crippen LogP contribution in [-0.4, -0.2) is 57.7 Å². The van der Waals surface area contributed by atoms with E-state index >= 15 is 0 Å². The molecule has 1 spiro atoms. The summed E-state index contributed by atoms with van der Waals surface area (Å²) in [4.78, 5) is 52.8. The number of piperidine rings is 1. The largest absolute Gasteiger partial charge is 0.385 e. The maximum atomic E-state index is 13.2. The highest BCUT2D eigenvalue weighted by molar-refractivity contribution is 6.06. The number of aliphatic hydroxyl groups is 1. The SMILES string of the molecule is O=C1CCC(N2Cc3cc(C(=O)N4CC5(C4)CC(O)(c4ccc(F)cc4)C5)ccc3C2=O)C(=O)N1. The Labute approximate surface area is 200 Å². The summed E-state index contributed by atoms with van der Waals surface area (Å²) in [6, 6.07) is 10.2. The van der Waals surface area contributed by atoms with Gasteiger partial charge in [0.15, 0.2) is 0 Å². The number of fused-ring (bicyclic) bond motifs is 1. The van der Waals surface area contributed by atoms with Gasteiger partial charge >= 0.3 is 0 Å². The van der Waals surface area contributed by atoms with Crippen LogP contribution in [0.5, 0.6) is 0 Å². The van der Waals surface area contributed by atoms with Crippen molar-refractivity contribution in [2.45, 2.75) is 43.9 Å². The van der Waals surface area contributed by atoms with Gasteiger partial charge in [0.1, 0.15) is 11.9 Å². The molecule has 2 aromatic rings. The number of rotatable bonds is 3. The van der Waals surface area contributed by atoms with Gasteiger partial charge in [-0.05, 0) is 60.7 Å². The van der Waals surface area contributed by atoms with Crippen LogP contribution in [0.4, 0.5) is 4.39 Å². The van der Waals surface area contributed by atoms with Crippen molar-refractivity contribution in [1.82, 2.24) is 15.1 Å². The number of nitrogens with zero attached hydrogens (tertiary/aromatic N) is 2. The van der Waals surface area contributed by atoms with Gasteiger partial charge in [-0.2, -0.15) is 0 Å². The molecule has 3 heterocycles. The number of imide groups is 1. The summed E-state index contributed by atoms with van der Waals surface area (Å²) in [5, 5.41) is 13.2. The molecule has 0 bridgehead atoms. The molecule has 3 aliphatic heterocycles. The molecule has 0 aromatic heterocycles. The highest BCUT2D eigenvalue weighted by Crippen LogP contribution is 2.58. The number of likely N-dealkylation sites (tertiary alicyclic amines) is 1. The normalized spacial score (nSPS) is 24.1. The fourth-order valence-electron chi connectivity index (χ4n) is 6.17. The number of carbonyl (C=O) groups is 4. The summed E-state index contributed by atoms with van der Waals surface area (Å²) >= 11 is 0. The Balaban J connectivity index is 1.10. The van der Waals surface area contributed by atoms with E-state index in [9.17, 15) is 28.7 Å². The Hall–Kier alpha value is -3.59. The lowest BCUT2D eigenvalue weighted by Crippen LogP contribution is -2.67. The Morgan fingerprint density at radius 2 is 1.77 bits per heavy atom. The van der Waals surface area contributed by atoms with Gasteiger partial charge in [0.2, 0.25) is 11.8 Å². The first kappa shape index (κ1) is 21.9. The Bertz CT molecular complexity index is 1280. The quantitative estimate of drug-likeness (QED) is 0.655. The maximum absolute atomic E-state index is 13.2. The number of carbonyl (C=O) groups excluding carboxylic acids is 4. The van der Waals surface area contributed by atoms with E-state index in [0.717, 1.165) is 0 Å². The molecule has 9 heteroatoms. The van der Waals surface area contributed by atoms with Crippen molar-refractivity contribution in [3.8, 4) is 0 Å². The standard InChI is InChI=1S/C26H24FN3O5/c27-18-4-2-17(3-5-18)26(35)11-25(12-26)13-29(14-25)23(33)15-1-6-19-16(9-15)10-30(24(19)34)20-7-8-21(31)28-22(20)32/h1-6,9,20,35H,7-8,10-14H2,(H,28,31,32). The molecule has 0 radical (unpaired) electrons. The van der Waals surface area contributed by atoms with Crippen LogP contribution >= 0.6 is 0 Å². The number of hydrogen-bond acceptors (Lipinski definition) is 5. The predicted molar refractivity (Wildman–Crippen MR) is 120 cm³/mol. The molecule has 2 N–H and O–H groups in total. The molecule has 3 fully saturated rings. The van der Waals surface area contributed by atoms with Crippen molar-refractivity contribution in [2.75, 3.05) is 13.1 Å². The van der Waals surface area contributed by atoms with Crippen molar-refractivity contribution >= 4 is 23.6 Å². The van der Waals surface area contributed by atoms with Crippen LogP contribution in [0.2, 0.25) is 0 Å². The third-order valence-electron chi connectivity index (χ3n) is 7.83. The number of amides is 4. The topological polar surface area (TPSA) is 107 Å². The minimum atomic E-state index is -0.990. The van der Waals surface area contributed by atoms with Crippen LogP contribution in [0, 0.1) is 11.2 Å². The number of halogens is 1. The molecule has 1 unspecified atom stereocenters. The molecule has 2 saturated heterocycles. The Morgan fingerprint density at radius 3 is 2.46 bits per heavy atom. The second-order valence-corrected chi connectivity index (χ2v) is 10.3. The van der Waals surface area contributed by atoms with E-state index in [2.05, 4.69) is 5.32 Å². The minimum Gasteiger partial charge on any atom is -0.385 e. The summed E-state index contributed by atoms with van der Waals surface area (Å²) in [7, 11) is 0. The predicted octanol–water partition coefficient (Wildman–Crippen LogP) is 1.71. The molecular formula is C26H24FN3O5. The minimum absolute atomic E-state index is 0.131. The van der Waals surface area contributed by atoms with Crippen LogP contribution in [-0.2, 0) is 21.7 Å². The summed E-state index contributed by atoms with van der Waals surface area (Å²) in [6.07, 6.45) is 1.52. The van der Waals surface area contributed by atoms with Crippen LogP contribution in [0.15, 0.2) is 42.5 Å². The fraction of sp³-hybridized carbons (Fsp3) is 0.385. The molecule has 180 valence electrons. The first-order valence-corrected chi connectivity index (χ1v) is 11.7. The van der Waals surface area contributed by atoms with Gasteiger partial charge in [-0.25, -0.2) is 4.39 Å². The van der Waals surface area contributed by atoms with Gasteiger partial charge in [-0.15, -0.1) is 0 Å². The lowest BCUT2D eigenvalue weighted by Gasteiger charge is -2.62. The monoisotopic (exact) mass is 477 g/mol. The molecular weight excluding hydrogens is 453 g/mol. The summed E-state index contributed by atoms with van der Waals surface area (Å²) in [5.41, 5.74) is 1.21. The maximum Gasteiger partial charge on any atom is 0.255 e. The van der Waals surface area contributed by atoms with Crippen LogP contribution in [0.25, 0.3) is 0 Å². The highest BCUT2D eigenvalue weighted by Gasteiger charge is 2.60. The van der Waals surface area contributed by atoms with Crippen molar-refractivity contribution in [2.24, 2.45) is 5.41 Å². The Morgan fingerprint density at radius 1 is 1.06 bits per heavy atom. The number of hydrogen-bond donors (Lipinski definition) is 2. The third kappa shape index (κ3) is 3.44. The average Bonchev–Trinajstić information content (AvgIpc) is 3.11. The van der Waals surface area contributed by atoms with E-state index in [0.29, 0.717) is 48.2 Å². The summed E-state index contributed by atoms with van der Waals surface area (Å²) in [5.74, 6) is -1.56. The van der Waals surface area contributed by atoms with Crippen LogP contribution in [0.3, 0.4) is 0 Å². The lowest BCUT2D eigenvalue weighted by atomic mass is 9.53. The zero-order valence-electron chi connectivity index (χ0n) is 18.9. The van der Waals surface area contributed by atoms with Gasteiger partial charge in [0.05, 0.1) is 5.60 Å². The van der Waals surface area contributed by atoms with E-state index in [1.165, 1.54) is 17.0 Å². The fourth-order valence-corrected chi connectivity index (χ4v) is 6.17. The second-order valence-electron chi connectivity index (χ2n) is 10.3. The van der Waals surface area contributed by atoms with E-state index in [1.807, 2.05) is 0 Å². The van der Waals surface area contributed by atoms with E-state index < -0.39 is 17.6 Å². The van der Waals surface area contributed by atoms with Gasteiger partial charge in [0, 0.05) is 42.6 Å². The molecule has 8 nitrogen and oxygen atoms in total. The molecule has 2 aromatic carbocycles. The van der Waals surface area contributed by atoms with Crippen molar-refractivity contribution < 1.29 is 28.7 Å². The molecule has 35 heavy (non-hydrogen) atoms. The van der Waals surface area contributed by atoms with E-state index in [-0.39, 0.29) is 48.3 Å². The lowest BCUT2D eigenvalue weighted by molar-refractivity contribution is -0.185. The van der Waals surface area contributed by atoms with Crippen molar-refractivity contribution in [3.63, 3.8) is 0 Å². The number of benzene rings is 2. The smallest absolute Gasteiger partial charge is 0.255 e. The van der Waals surface area contributed by atoms with Gasteiger partial charge in [-0.1, -0.05) is 12.1 Å². The second kappa shape index (κ2) is 7.45. The first-order valence-electron chi connectivity index (χ1n) is 11.7. The van der Waals surface area contributed by atoms with E-state index in [4.69, 9.17) is 0 Å². The average molecular weight is 477 g/mol. The van der Waals surface area contributed by atoms with Gasteiger partial charge in [0.25, 0.3) is 11.8 Å².